The van der Waals surface area contributed by atoms with Crippen LogP contribution in [-0.2, 0) is 61.8 Å². The highest BCUT2D eigenvalue weighted by Gasteiger charge is 2.45. The molecule has 2 fully saturated rings. The lowest BCUT2D eigenvalue weighted by molar-refractivity contribution is -0.252. The molecule has 21 heteroatoms. The van der Waals surface area contributed by atoms with Crippen LogP contribution in [-0.4, -0.2) is 204 Å². The number of aliphatic hydroxyl groups excluding tert-OH is 2. The summed E-state index contributed by atoms with van der Waals surface area (Å²) >= 11 is 0. The molecule has 0 spiro atoms. The van der Waals surface area contributed by atoms with Crippen LogP contribution in [0.25, 0.3) is 0 Å². The summed E-state index contributed by atoms with van der Waals surface area (Å²) in [5, 5.41) is 45.3. The summed E-state index contributed by atoms with van der Waals surface area (Å²) in [5.74, 6) is -1.95. The van der Waals surface area contributed by atoms with Crippen LogP contribution >= 0.6 is 0 Å². The molecule has 0 aliphatic carbocycles. The summed E-state index contributed by atoms with van der Waals surface area (Å²) in [5.41, 5.74) is 0. The number of hydrogen-bond donors (Lipinski definition) is 7. The van der Waals surface area contributed by atoms with Gasteiger partial charge in [-0.15, -0.1) is 0 Å². The fourth-order valence-corrected chi connectivity index (χ4v) is 13.5. The van der Waals surface area contributed by atoms with Crippen molar-refractivity contribution in [3.63, 3.8) is 0 Å². The first-order valence-electron chi connectivity index (χ1n) is 42.1. The zero-order chi connectivity index (χ0) is 76.5. The Balaban J connectivity index is 1.86. The van der Waals surface area contributed by atoms with E-state index in [2.05, 4.69) is 88.6 Å². The molecule has 612 valence electrons. The fourth-order valence-electron chi connectivity index (χ4n) is 13.5. The molecule has 21 nitrogen and oxygen atoms in total. The molecule has 2 aliphatic rings. The van der Waals surface area contributed by atoms with Gasteiger partial charge in [-0.05, 0) is 135 Å². The van der Waals surface area contributed by atoms with Crippen LogP contribution in [0.5, 0.6) is 0 Å². The molecule has 0 bridgehead atoms. The molecule has 0 aromatic heterocycles. The van der Waals surface area contributed by atoms with Crippen molar-refractivity contribution in [1.29, 1.82) is 0 Å². The van der Waals surface area contributed by atoms with Crippen LogP contribution in [0.15, 0.2) is 48.6 Å². The van der Waals surface area contributed by atoms with Crippen molar-refractivity contribution in [2.45, 2.75) is 348 Å². The van der Waals surface area contributed by atoms with E-state index in [1.54, 1.807) is 0 Å². The van der Waals surface area contributed by atoms with Crippen LogP contribution < -0.4 is 21.3 Å². The zero-order valence-electron chi connectivity index (χ0n) is 67.5. The van der Waals surface area contributed by atoms with Gasteiger partial charge >= 0.3 is 0 Å². The lowest BCUT2D eigenvalue weighted by Gasteiger charge is -2.43. The molecule has 7 N–H and O–H groups in total. The van der Waals surface area contributed by atoms with Crippen LogP contribution in [0.1, 0.15) is 293 Å². The number of unbranched alkanes of at least 4 members (excludes halogenated alkanes) is 22. The highest BCUT2D eigenvalue weighted by atomic mass is 16.7. The Morgan fingerprint density at radius 3 is 1.14 bits per heavy atom. The first-order valence-corrected chi connectivity index (χ1v) is 42.1. The Hall–Kier alpha value is -3.68. The lowest BCUT2D eigenvalue weighted by atomic mass is 9.88. The predicted octanol–water partition coefficient (Wildman–Crippen LogP) is 14.5. The molecule has 2 rings (SSSR count). The van der Waals surface area contributed by atoms with E-state index in [0.717, 1.165) is 116 Å². The Kier molecular flexibility index (Phi) is 62.4. The van der Waals surface area contributed by atoms with Crippen LogP contribution in [0, 0.1) is 11.8 Å². The van der Waals surface area contributed by atoms with Crippen molar-refractivity contribution in [2.75, 3.05) is 105 Å². The van der Waals surface area contributed by atoms with Gasteiger partial charge in [-0.2, -0.15) is 0 Å². The van der Waals surface area contributed by atoms with Crippen LogP contribution in [0.4, 0.5) is 0 Å². The van der Waals surface area contributed by atoms with Crippen molar-refractivity contribution in [2.24, 2.45) is 11.8 Å². The second kappa shape index (κ2) is 67.2. The molecular weight excluding hydrogens is 1330 g/mol. The highest BCUT2D eigenvalue weighted by Crippen LogP contribution is 2.31. The highest BCUT2D eigenvalue weighted by molar-refractivity contribution is 5.76. The quantitative estimate of drug-likeness (QED) is 0.0170. The number of rotatable bonds is 71. The van der Waals surface area contributed by atoms with Crippen molar-refractivity contribution in [3.05, 3.63) is 48.6 Å². The van der Waals surface area contributed by atoms with Crippen LogP contribution in [0.3, 0.4) is 0 Å². The van der Waals surface area contributed by atoms with E-state index in [0.29, 0.717) is 97.9 Å². The molecular formula is C84H155N5O16. The summed E-state index contributed by atoms with van der Waals surface area (Å²) in [6, 6.07) is -1.34. The first-order chi connectivity index (χ1) is 51.1. The largest absolute Gasteiger partial charge is 0.390 e. The third-order valence-electron chi connectivity index (χ3n) is 19.9. The third-order valence-corrected chi connectivity index (χ3v) is 19.9. The second-order valence-corrected chi connectivity index (χ2v) is 29.2. The van der Waals surface area contributed by atoms with Gasteiger partial charge in [0.1, 0.15) is 12.1 Å². The summed E-state index contributed by atoms with van der Waals surface area (Å²) in [6.07, 6.45) is 53.0. The minimum atomic E-state index is -1.13. The van der Waals surface area contributed by atoms with E-state index in [9.17, 15) is 34.5 Å². The first kappa shape index (κ1) is 97.4. The van der Waals surface area contributed by atoms with E-state index in [1.165, 1.54) is 117 Å². The van der Waals surface area contributed by atoms with Gasteiger partial charge < -0.3 is 84.1 Å². The molecule has 4 unspecified atom stereocenters. The van der Waals surface area contributed by atoms with E-state index < -0.39 is 42.7 Å². The summed E-state index contributed by atoms with van der Waals surface area (Å²) in [7, 11) is 0. The Morgan fingerprint density at radius 2 is 0.762 bits per heavy atom. The molecule has 105 heavy (non-hydrogen) atoms. The monoisotopic (exact) mass is 1490 g/mol. The SMILES string of the molecule is CCCCC/C=C\C/C=C\CCCCCCCCC(O)(CCCCCCCC/C=C\C/C=C\CCCCC)OCCCN(CCCCCC(=O)NCCOCCOCCO[C@@H]1O[C@H](CC)[C@H](C)C(O)C1NC(C)=O)CCCCCC(=O)NCCOCCOCCO[C@@H]1O[C@H](CC)[C@H](C)C(O)C1NC(C)=O. The smallest absolute Gasteiger partial charge is 0.220 e. The van der Waals surface area contributed by atoms with Gasteiger partial charge in [-0.1, -0.05) is 180 Å². The van der Waals surface area contributed by atoms with Gasteiger partial charge in [0.15, 0.2) is 18.4 Å². The number of nitrogens with zero attached hydrogens (tertiary/aromatic N) is 1. The fraction of sp³-hybridized carbons (Fsp3) is 0.857. The number of aliphatic hydroxyl groups is 3. The molecule has 10 atom stereocenters. The lowest BCUT2D eigenvalue weighted by Crippen LogP contribution is -2.61. The summed E-state index contributed by atoms with van der Waals surface area (Å²) in [4.78, 5) is 51.8. The number of amides is 4. The van der Waals surface area contributed by atoms with Gasteiger partial charge in [0.2, 0.25) is 23.6 Å². The normalized spacial score (nSPS) is 20.9. The third kappa shape index (κ3) is 52.2. The summed E-state index contributed by atoms with van der Waals surface area (Å²) < 4.78 is 53.2. The average molecular weight is 1490 g/mol. The van der Waals surface area contributed by atoms with Crippen molar-refractivity contribution < 1.29 is 77.1 Å². The Labute approximate surface area is 637 Å². The second-order valence-electron chi connectivity index (χ2n) is 29.2. The summed E-state index contributed by atoms with van der Waals surface area (Å²) in [6.45, 7) is 22.2. The van der Waals surface area contributed by atoms with Gasteiger partial charge in [-0.3, -0.25) is 19.2 Å². The van der Waals surface area contributed by atoms with Crippen LogP contribution in [0.2, 0.25) is 0 Å². The topological polar surface area (TPSA) is 263 Å². The molecule has 2 heterocycles. The minimum absolute atomic E-state index is 0.000534. The molecule has 0 aromatic rings. The maximum absolute atomic E-state index is 12.8. The molecule has 4 amide bonds. The van der Waals surface area contributed by atoms with Gasteiger partial charge in [0.05, 0.1) is 97.1 Å². The average Bonchev–Trinajstić information content (AvgIpc) is 0.819. The van der Waals surface area contributed by atoms with Crippen molar-refractivity contribution >= 4 is 23.6 Å². The number of hydrogen-bond acceptors (Lipinski definition) is 17. The number of ether oxygens (including phenoxy) is 9. The van der Waals surface area contributed by atoms with Crippen molar-refractivity contribution in [1.82, 2.24) is 26.2 Å². The Bertz CT molecular complexity index is 2070. The minimum Gasteiger partial charge on any atom is -0.390 e. The van der Waals surface area contributed by atoms with Gasteiger partial charge in [0.25, 0.3) is 0 Å². The molecule has 0 radical (unpaired) electrons. The molecule has 0 aromatic carbocycles. The number of carbonyl (C=O) groups excluding carboxylic acids is 4. The molecule has 2 saturated heterocycles. The zero-order valence-corrected chi connectivity index (χ0v) is 67.5. The van der Waals surface area contributed by atoms with E-state index in [-0.39, 0.29) is 74.1 Å². The standard InChI is InChI=1S/C84H155N5O16/c1-9-13-15-17-19-21-23-25-27-29-31-33-35-37-39-45-52-84(96,53-46-40-38-36-34-32-30-28-26-24-22-20-18-16-14-10-2)103-59-49-58-89(56-47-41-43-50-76(92)85-54-60-97-62-64-99-66-68-101-82-78(87-72(7)90)80(94)70(5)74(11-3)104-82)57-48-42-44-51-77(93)86-55-61-98-63-65-100-67-69-102-83-79(88-73(8)91)81(95)71(6)75(12-4)105-83/h19-22,25-28,70-71,74-75,78-83,94-96H,9-18,23-24,29-69H2,1-8H3,(H,85,92)(H,86,93)(H,87,90)(H,88,91)/b21-19-,22-20-,27-25-,28-26-/t70-,71-,74+,75+,78?,79?,80?,81?,82+,83+/m0/s1. The van der Waals surface area contributed by atoms with Gasteiger partial charge in [0, 0.05) is 71.0 Å². The Morgan fingerprint density at radius 1 is 0.419 bits per heavy atom. The van der Waals surface area contributed by atoms with E-state index >= 15 is 0 Å². The predicted molar refractivity (Wildman–Crippen MR) is 421 cm³/mol. The maximum Gasteiger partial charge on any atom is 0.220 e. The molecule has 0 saturated carbocycles. The van der Waals surface area contributed by atoms with Crippen molar-refractivity contribution in [3.8, 4) is 0 Å². The number of nitrogens with one attached hydrogen (secondary N) is 4. The van der Waals surface area contributed by atoms with E-state index in [1.807, 2.05) is 27.7 Å². The molecule has 2 aliphatic heterocycles. The number of allylic oxidation sites excluding steroid dienone is 8. The van der Waals surface area contributed by atoms with Gasteiger partial charge in [-0.25, -0.2) is 0 Å². The van der Waals surface area contributed by atoms with E-state index in [4.69, 9.17) is 42.6 Å². The maximum atomic E-state index is 12.8. The number of carbonyl (C=O) groups is 4.